The Labute approximate surface area is 209 Å². The fourth-order valence-electron chi connectivity index (χ4n) is 4.40. The van der Waals surface area contributed by atoms with E-state index in [0.717, 1.165) is 62.5 Å². The van der Waals surface area contributed by atoms with E-state index in [0.29, 0.717) is 12.1 Å². The van der Waals surface area contributed by atoms with Crippen molar-refractivity contribution >= 4 is 39.6 Å². The van der Waals surface area contributed by atoms with Crippen LogP contribution >= 0.6 is 11.9 Å². The van der Waals surface area contributed by atoms with Crippen molar-refractivity contribution in [2.24, 2.45) is 7.05 Å². The summed E-state index contributed by atoms with van der Waals surface area (Å²) in [7, 11) is 1.72. The summed E-state index contributed by atoms with van der Waals surface area (Å²) in [5.74, 6) is 1.60. The van der Waals surface area contributed by atoms with Crippen LogP contribution in [0.2, 0.25) is 0 Å². The molecule has 186 valence electrons. The molecular weight excluding hydrogens is 487 g/mol. The minimum atomic E-state index is -4.37. The lowest BCUT2D eigenvalue weighted by Crippen LogP contribution is -2.16. The number of H-pyrrole nitrogens is 1. The number of aryl methyl sites for hydroxylation is 2. The zero-order valence-corrected chi connectivity index (χ0v) is 20.7. The van der Waals surface area contributed by atoms with Crippen LogP contribution in [0.25, 0.3) is 33.1 Å². The monoisotopic (exact) mass is 511 g/mol. The molecule has 3 heterocycles. The molecule has 0 aliphatic carbocycles. The van der Waals surface area contributed by atoms with Crippen LogP contribution in [0.4, 0.5) is 18.9 Å². The predicted octanol–water partition coefficient (Wildman–Crippen LogP) is 6.34. The molecule has 5 rings (SSSR count). The molecule has 0 unspecified atom stereocenters. The topological polar surface area (TPSA) is 67.6 Å². The summed E-state index contributed by atoms with van der Waals surface area (Å²) in [5, 5.41) is 0.817. The number of benzene rings is 2. The van der Waals surface area contributed by atoms with E-state index in [4.69, 9.17) is 4.98 Å². The van der Waals surface area contributed by atoms with Crippen molar-refractivity contribution in [1.82, 2.24) is 19.1 Å². The summed E-state index contributed by atoms with van der Waals surface area (Å²) in [6.07, 6.45) is -0.805. The van der Waals surface area contributed by atoms with Gasteiger partial charge in [0.2, 0.25) is 0 Å². The van der Waals surface area contributed by atoms with Crippen LogP contribution < -0.4 is 10.3 Å². The van der Waals surface area contributed by atoms with E-state index in [1.807, 2.05) is 42.8 Å². The van der Waals surface area contributed by atoms with Crippen LogP contribution in [-0.2, 0) is 19.8 Å². The Bertz CT molecular complexity index is 1630. The van der Waals surface area contributed by atoms with Crippen molar-refractivity contribution in [1.29, 1.82) is 0 Å². The van der Waals surface area contributed by atoms with Crippen molar-refractivity contribution in [3.8, 4) is 11.1 Å². The van der Waals surface area contributed by atoms with E-state index < -0.39 is 11.7 Å². The van der Waals surface area contributed by atoms with Gasteiger partial charge in [-0.1, -0.05) is 31.0 Å². The lowest BCUT2D eigenvalue weighted by Gasteiger charge is -2.13. The molecule has 0 radical (unpaired) electrons. The lowest BCUT2D eigenvalue weighted by molar-refractivity contribution is -0.137. The van der Waals surface area contributed by atoms with Gasteiger partial charge in [0, 0.05) is 42.7 Å². The van der Waals surface area contributed by atoms with Gasteiger partial charge in [-0.15, -0.1) is 0 Å². The molecular formula is C26H24F3N5OS. The van der Waals surface area contributed by atoms with Gasteiger partial charge in [-0.3, -0.25) is 4.79 Å². The Morgan fingerprint density at radius 3 is 2.58 bits per heavy atom. The first-order chi connectivity index (χ1) is 17.2. The Hall–Kier alpha value is -3.66. The molecule has 0 fully saturated rings. The third kappa shape index (κ3) is 4.26. The van der Waals surface area contributed by atoms with Gasteiger partial charge in [-0.05, 0) is 48.4 Å². The van der Waals surface area contributed by atoms with Crippen LogP contribution in [0.3, 0.4) is 0 Å². The second-order valence-electron chi connectivity index (χ2n) is 8.59. The van der Waals surface area contributed by atoms with Crippen molar-refractivity contribution in [3.05, 3.63) is 82.2 Å². The number of hydrogen-bond donors (Lipinski definition) is 2. The number of rotatable bonds is 6. The number of nitrogens with zero attached hydrogens (tertiary/aromatic N) is 3. The molecule has 3 aromatic heterocycles. The average molecular weight is 512 g/mol. The highest BCUT2D eigenvalue weighted by molar-refractivity contribution is 8.00. The number of alkyl halides is 3. The van der Waals surface area contributed by atoms with Crippen LogP contribution in [0, 0.1) is 6.92 Å². The molecule has 0 amide bonds. The summed E-state index contributed by atoms with van der Waals surface area (Å²) >= 11 is 1.55. The van der Waals surface area contributed by atoms with E-state index >= 15 is 0 Å². The van der Waals surface area contributed by atoms with Crippen LogP contribution in [0.1, 0.15) is 23.9 Å². The maximum atomic E-state index is 13.0. The highest BCUT2D eigenvalue weighted by Gasteiger charge is 2.30. The van der Waals surface area contributed by atoms with Crippen molar-refractivity contribution in [2.75, 3.05) is 10.5 Å². The molecule has 10 heteroatoms. The maximum Gasteiger partial charge on any atom is 0.416 e. The number of nitrogens with one attached hydrogen (secondary N) is 2. The number of hydrogen-bond acceptors (Lipinski definition) is 4. The number of aromatic amines is 1. The van der Waals surface area contributed by atoms with E-state index in [9.17, 15) is 18.0 Å². The van der Waals surface area contributed by atoms with Gasteiger partial charge in [-0.2, -0.15) is 13.2 Å². The quantitative estimate of drug-likeness (QED) is 0.261. The molecule has 36 heavy (non-hydrogen) atoms. The van der Waals surface area contributed by atoms with Crippen molar-refractivity contribution in [2.45, 2.75) is 26.6 Å². The average Bonchev–Trinajstić information content (AvgIpc) is 3.45. The van der Waals surface area contributed by atoms with Crippen molar-refractivity contribution in [3.63, 3.8) is 0 Å². The lowest BCUT2D eigenvalue weighted by atomic mass is 10.0. The van der Waals surface area contributed by atoms with E-state index in [-0.39, 0.29) is 5.56 Å². The van der Waals surface area contributed by atoms with Crippen LogP contribution in [0.5, 0.6) is 0 Å². The molecule has 0 bridgehead atoms. The van der Waals surface area contributed by atoms with Gasteiger partial charge in [-0.25, -0.2) is 4.98 Å². The second-order valence-corrected chi connectivity index (χ2v) is 9.66. The fraction of sp³-hybridized carbons (Fsp3) is 0.231. The summed E-state index contributed by atoms with van der Waals surface area (Å²) in [4.78, 5) is 20.4. The highest BCUT2D eigenvalue weighted by atomic mass is 32.2. The minimum Gasteiger partial charge on any atom is -0.357 e. The standard InChI is InChI=1S/C26H24F3N5OS/c1-4-36-32-21-11-17(20-14-33(3)25(35)23-19(20)9-10-30-23)12-22-24(21)31-15(2)34(22)13-16-5-7-18(8-6-16)26(27,28)29/h5-12,14,30,32H,4,13H2,1-3H3. The number of aromatic nitrogens is 4. The van der Waals surface area contributed by atoms with Gasteiger partial charge in [0.25, 0.3) is 5.56 Å². The first kappa shape index (κ1) is 24.1. The third-order valence-electron chi connectivity index (χ3n) is 6.20. The Balaban J connectivity index is 1.67. The summed E-state index contributed by atoms with van der Waals surface area (Å²) in [6.45, 7) is 4.30. The minimum absolute atomic E-state index is 0.108. The molecule has 2 aromatic carbocycles. The third-order valence-corrected chi connectivity index (χ3v) is 6.85. The first-order valence-electron chi connectivity index (χ1n) is 11.4. The summed E-state index contributed by atoms with van der Waals surface area (Å²) in [6, 6.07) is 11.1. The Morgan fingerprint density at radius 1 is 1.14 bits per heavy atom. The Morgan fingerprint density at radius 2 is 1.89 bits per heavy atom. The van der Waals surface area contributed by atoms with E-state index in [2.05, 4.69) is 9.71 Å². The number of imidazole rings is 1. The summed E-state index contributed by atoms with van der Waals surface area (Å²) in [5.41, 5.74) is 4.74. The highest BCUT2D eigenvalue weighted by Crippen LogP contribution is 2.35. The number of halogens is 3. The van der Waals surface area contributed by atoms with Crippen LogP contribution in [0.15, 0.2) is 59.7 Å². The van der Waals surface area contributed by atoms with Gasteiger partial charge in [0.15, 0.2) is 0 Å². The molecule has 0 saturated heterocycles. The molecule has 0 aliphatic rings. The van der Waals surface area contributed by atoms with E-state index in [1.165, 1.54) is 12.1 Å². The number of anilines is 1. The summed E-state index contributed by atoms with van der Waals surface area (Å²) < 4.78 is 46.0. The SMILES string of the molecule is CCSNc1cc(-c2cn(C)c(=O)c3[nH]ccc23)cc2c1nc(C)n2Cc1ccc(C(F)(F)F)cc1. The predicted molar refractivity (Wildman–Crippen MR) is 139 cm³/mol. The van der Waals surface area contributed by atoms with Gasteiger partial charge < -0.3 is 18.8 Å². The molecule has 6 nitrogen and oxygen atoms in total. The fourth-order valence-corrected chi connectivity index (χ4v) is 4.86. The molecule has 0 spiro atoms. The van der Waals surface area contributed by atoms with Gasteiger partial charge in [0.1, 0.15) is 16.9 Å². The van der Waals surface area contributed by atoms with Crippen LogP contribution in [-0.4, -0.2) is 24.9 Å². The van der Waals surface area contributed by atoms with Gasteiger partial charge >= 0.3 is 6.18 Å². The Kier molecular flexibility index (Phi) is 6.07. The number of fused-ring (bicyclic) bond motifs is 2. The molecule has 5 aromatic rings. The smallest absolute Gasteiger partial charge is 0.357 e. The zero-order valence-electron chi connectivity index (χ0n) is 19.9. The largest absolute Gasteiger partial charge is 0.416 e. The first-order valence-corrected chi connectivity index (χ1v) is 12.4. The molecule has 0 atom stereocenters. The molecule has 0 saturated carbocycles. The number of pyridine rings is 1. The molecule has 2 N–H and O–H groups in total. The maximum absolute atomic E-state index is 13.0. The van der Waals surface area contributed by atoms with Gasteiger partial charge in [0.05, 0.1) is 16.8 Å². The van der Waals surface area contributed by atoms with Crippen molar-refractivity contribution < 1.29 is 13.2 Å². The molecule has 0 aliphatic heterocycles. The van der Waals surface area contributed by atoms with E-state index in [1.54, 1.807) is 29.8 Å². The second kappa shape index (κ2) is 9.09. The normalized spacial score (nSPS) is 12.1. The zero-order chi connectivity index (χ0) is 25.6.